The molecule has 8 heteroatoms. The molecule has 0 saturated heterocycles. The lowest BCUT2D eigenvalue weighted by Crippen LogP contribution is -2.34. The van der Waals surface area contributed by atoms with Gasteiger partial charge in [0.1, 0.15) is 16.4 Å². The Morgan fingerprint density at radius 3 is 2.35 bits per heavy atom. The minimum atomic E-state index is -3.86. The number of nitrogens with one attached hydrogen (secondary N) is 1. The van der Waals surface area contributed by atoms with Gasteiger partial charge in [-0.1, -0.05) is 6.92 Å². The molecule has 2 heterocycles. The van der Waals surface area contributed by atoms with Crippen LogP contribution in [0.2, 0.25) is 0 Å². The minimum Gasteiger partial charge on any atom is -0.465 e. The standard InChI is InChI=1S/C15H18N2O5S/c1-5-14(18)16-17-9(2)6-12(8-15(17)19)23(20,21)13-7-10(3)22-11(13)4/h6-8H,5H2,1-4H3,(H,16,18). The van der Waals surface area contributed by atoms with Gasteiger partial charge in [0.2, 0.25) is 15.7 Å². The van der Waals surface area contributed by atoms with Gasteiger partial charge < -0.3 is 4.42 Å². The van der Waals surface area contributed by atoms with Gasteiger partial charge in [-0.3, -0.25) is 15.0 Å². The number of carbonyl (C=O) groups is 1. The lowest BCUT2D eigenvalue weighted by molar-refractivity contribution is -0.116. The Bertz CT molecular complexity index is 922. The van der Waals surface area contributed by atoms with E-state index >= 15 is 0 Å². The van der Waals surface area contributed by atoms with E-state index in [2.05, 4.69) is 5.43 Å². The van der Waals surface area contributed by atoms with E-state index in [0.717, 1.165) is 10.7 Å². The van der Waals surface area contributed by atoms with E-state index in [-0.39, 0.29) is 27.9 Å². The van der Waals surface area contributed by atoms with E-state index < -0.39 is 15.4 Å². The van der Waals surface area contributed by atoms with Crippen LogP contribution in [-0.2, 0) is 14.6 Å². The van der Waals surface area contributed by atoms with Crippen LogP contribution in [0.25, 0.3) is 0 Å². The average Bonchev–Trinajstić information content (AvgIpc) is 2.81. The van der Waals surface area contributed by atoms with Crippen LogP contribution >= 0.6 is 0 Å². The van der Waals surface area contributed by atoms with Crippen molar-refractivity contribution in [3.63, 3.8) is 0 Å². The molecule has 0 atom stereocenters. The molecule has 0 aromatic carbocycles. The highest BCUT2D eigenvalue weighted by atomic mass is 32.2. The molecule has 0 fully saturated rings. The molecular weight excluding hydrogens is 320 g/mol. The first-order chi connectivity index (χ1) is 10.7. The van der Waals surface area contributed by atoms with Gasteiger partial charge in [-0.25, -0.2) is 13.1 Å². The van der Waals surface area contributed by atoms with Gasteiger partial charge in [0.25, 0.3) is 5.56 Å². The van der Waals surface area contributed by atoms with Gasteiger partial charge in [-0.2, -0.15) is 0 Å². The highest BCUT2D eigenvalue weighted by molar-refractivity contribution is 7.91. The van der Waals surface area contributed by atoms with Gasteiger partial charge in [-0.15, -0.1) is 0 Å². The van der Waals surface area contributed by atoms with E-state index in [1.807, 2.05) is 0 Å². The Balaban J connectivity index is 2.55. The first kappa shape index (κ1) is 17.0. The van der Waals surface area contributed by atoms with Gasteiger partial charge >= 0.3 is 0 Å². The number of aryl methyl sites for hydroxylation is 3. The Morgan fingerprint density at radius 1 is 1.22 bits per heavy atom. The van der Waals surface area contributed by atoms with Crippen LogP contribution in [0.4, 0.5) is 0 Å². The third kappa shape index (κ3) is 3.21. The average molecular weight is 338 g/mol. The molecule has 0 radical (unpaired) electrons. The van der Waals surface area contributed by atoms with Crippen LogP contribution in [0.1, 0.15) is 30.6 Å². The number of pyridine rings is 1. The van der Waals surface area contributed by atoms with E-state index in [9.17, 15) is 18.0 Å². The number of amides is 1. The second-order valence-corrected chi connectivity index (χ2v) is 7.09. The van der Waals surface area contributed by atoms with E-state index in [0.29, 0.717) is 11.5 Å². The summed E-state index contributed by atoms with van der Waals surface area (Å²) in [7, 11) is -3.86. The first-order valence-corrected chi connectivity index (χ1v) is 8.50. The van der Waals surface area contributed by atoms with Crippen molar-refractivity contribution in [3.8, 4) is 0 Å². The highest BCUT2D eigenvalue weighted by Crippen LogP contribution is 2.26. The largest absolute Gasteiger partial charge is 0.465 e. The molecule has 1 amide bonds. The van der Waals surface area contributed by atoms with Crippen LogP contribution < -0.4 is 11.0 Å². The topological polar surface area (TPSA) is 98.4 Å². The fourth-order valence-electron chi connectivity index (χ4n) is 2.18. The Morgan fingerprint density at radius 2 is 1.87 bits per heavy atom. The second-order valence-electron chi connectivity index (χ2n) is 5.18. The molecule has 0 saturated carbocycles. The van der Waals surface area contributed by atoms with Crippen molar-refractivity contribution in [3.05, 3.63) is 45.8 Å². The predicted molar refractivity (Wildman–Crippen MR) is 83.7 cm³/mol. The molecule has 0 aliphatic carbocycles. The number of furan rings is 1. The van der Waals surface area contributed by atoms with Crippen LogP contribution in [0.15, 0.2) is 37.2 Å². The molecule has 7 nitrogen and oxygen atoms in total. The zero-order chi connectivity index (χ0) is 17.4. The summed E-state index contributed by atoms with van der Waals surface area (Å²) in [6.07, 6.45) is 0.208. The van der Waals surface area contributed by atoms with Crippen LogP contribution in [0.5, 0.6) is 0 Å². The number of aromatic nitrogens is 1. The number of hydrogen-bond donors (Lipinski definition) is 1. The lowest BCUT2D eigenvalue weighted by atomic mass is 10.4. The zero-order valence-corrected chi connectivity index (χ0v) is 14.2. The SMILES string of the molecule is CCC(=O)Nn1c(C)cc(S(=O)(=O)c2cc(C)oc2C)cc1=O. The van der Waals surface area contributed by atoms with Gasteiger partial charge in [-0.05, 0) is 32.9 Å². The van der Waals surface area contributed by atoms with Crippen molar-refractivity contribution in [2.45, 2.75) is 43.9 Å². The van der Waals surface area contributed by atoms with Gasteiger partial charge in [0.05, 0.1) is 4.90 Å². The normalized spacial score (nSPS) is 11.5. The Hall–Kier alpha value is -2.35. The number of rotatable bonds is 4. The molecule has 0 spiro atoms. The smallest absolute Gasteiger partial charge is 0.270 e. The molecule has 2 rings (SSSR count). The summed E-state index contributed by atoms with van der Waals surface area (Å²) in [5.41, 5.74) is 2.11. The van der Waals surface area contributed by atoms with E-state index in [1.54, 1.807) is 27.7 Å². The summed E-state index contributed by atoms with van der Waals surface area (Å²) in [5, 5.41) is 0. The van der Waals surface area contributed by atoms with Crippen molar-refractivity contribution in [1.29, 1.82) is 0 Å². The molecule has 0 aliphatic rings. The fourth-order valence-corrected chi connectivity index (χ4v) is 3.75. The molecule has 124 valence electrons. The summed E-state index contributed by atoms with van der Waals surface area (Å²) in [6.45, 7) is 6.40. The maximum absolute atomic E-state index is 12.7. The van der Waals surface area contributed by atoms with Crippen molar-refractivity contribution in [1.82, 2.24) is 4.68 Å². The Kier molecular flexibility index (Phi) is 4.46. The van der Waals surface area contributed by atoms with Gasteiger partial charge in [0, 0.05) is 18.2 Å². The minimum absolute atomic E-state index is 0.0316. The van der Waals surface area contributed by atoms with Crippen LogP contribution in [0, 0.1) is 20.8 Å². The molecule has 23 heavy (non-hydrogen) atoms. The number of nitrogens with zero attached hydrogens (tertiary/aromatic N) is 1. The summed E-state index contributed by atoms with van der Waals surface area (Å²) < 4.78 is 31.6. The quantitative estimate of drug-likeness (QED) is 0.914. The molecule has 1 N–H and O–H groups in total. The van der Waals surface area contributed by atoms with Crippen molar-refractivity contribution < 1.29 is 17.6 Å². The van der Waals surface area contributed by atoms with Crippen LogP contribution in [0.3, 0.4) is 0 Å². The van der Waals surface area contributed by atoms with Gasteiger partial charge in [0.15, 0.2) is 0 Å². The molecule has 0 bridgehead atoms. The maximum atomic E-state index is 12.7. The molecule has 2 aromatic heterocycles. The van der Waals surface area contributed by atoms with Crippen molar-refractivity contribution in [2.24, 2.45) is 0 Å². The molecule has 2 aromatic rings. The predicted octanol–water partition coefficient (Wildman–Crippen LogP) is 1.68. The Labute approximate surface area is 133 Å². The van der Waals surface area contributed by atoms with Crippen LogP contribution in [-0.4, -0.2) is 19.0 Å². The molecule has 0 aliphatic heterocycles. The van der Waals surface area contributed by atoms with Crippen molar-refractivity contribution >= 4 is 15.7 Å². The summed E-state index contributed by atoms with van der Waals surface area (Å²) in [5.74, 6) is 0.400. The first-order valence-electron chi connectivity index (χ1n) is 7.02. The summed E-state index contributed by atoms with van der Waals surface area (Å²) in [6, 6.07) is 3.75. The molecule has 0 unspecified atom stereocenters. The summed E-state index contributed by atoms with van der Waals surface area (Å²) in [4.78, 5) is 23.5. The van der Waals surface area contributed by atoms with E-state index in [4.69, 9.17) is 4.42 Å². The number of hydrogen-bond acceptors (Lipinski definition) is 5. The monoisotopic (exact) mass is 338 g/mol. The fraction of sp³-hybridized carbons (Fsp3) is 0.333. The zero-order valence-electron chi connectivity index (χ0n) is 13.3. The number of sulfone groups is 1. The van der Waals surface area contributed by atoms with E-state index in [1.165, 1.54) is 12.1 Å². The lowest BCUT2D eigenvalue weighted by Gasteiger charge is -2.12. The third-order valence-electron chi connectivity index (χ3n) is 3.34. The number of carbonyl (C=O) groups excluding carboxylic acids is 1. The third-order valence-corrected chi connectivity index (χ3v) is 5.18. The highest BCUT2D eigenvalue weighted by Gasteiger charge is 2.24. The molecular formula is C15H18N2O5S. The second kappa shape index (κ2) is 6.04. The summed E-state index contributed by atoms with van der Waals surface area (Å²) >= 11 is 0. The van der Waals surface area contributed by atoms with Crippen molar-refractivity contribution in [2.75, 3.05) is 5.43 Å². The maximum Gasteiger partial charge on any atom is 0.270 e.